The number of nitrogens with zero attached hydrogens (tertiary/aromatic N) is 1. The van der Waals surface area contributed by atoms with E-state index in [1.54, 1.807) is 0 Å². The number of anilines is 1. The Morgan fingerprint density at radius 3 is 2.61 bits per heavy atom. The number of halogens is 2. The molecule has 1 aromatic carbocycles. The fourth-order valence-corrected chi connectivity index (χ4v) is 2.77. The van der Waals surface area contributed by atoms with Crippen LogP contribution in [0.5, 0.6) is 0 Å². The molecule has 0 aromatic heterocycles. The minimum atomic E-state index is 0.532. The summed E-state index contributed by atoms with van der Waals surface area (Å²) in [7, 11) is 0. The summed E-state index contributed by atoms with van der Waals surface area (Å²) in [4.78, 5) is 2.45. The van der Waals surface area contributed by atoms with Gasteiger partial charge in [0, 0.05) is 30.9 Å². The molecule has 0 saturated carbocycles. The van der Waals surface area contributed by atoms with Crippen molar-refractivity contribution in [2.45, 2.75) is 38.8 Å². The van der Waals surface area contributed by atoms with Crippen LogP contribution >= 0.6 is 23.2 Å². The molecule has 1 aliphatic heterocycles. The van der Waals surface area contributed by atoms with Gasteiger partial charge < -0.3 is 10.2 Å². The zero-order valence-corrected chi connectivity index (χ0v) is 12.4. The van der Waals surface area contributed by atoms with Crippen LogP contribution in [-0.2, 0) is 0 Å². The molecule has 18 heavy (non-hydrogen) atoms. The van der Waals surface area contributed by atoms with Crippen molar-refractivity contribution in [3.63, 3.8) is 0 Å². The topological polar surface area (TPSA) is 15.3 Å². The van der Waals surface area contributed by atoms with Gasteiger partial charge in [-0.2, -0.15) is 0 Å². The second-order valence-electron chi connectivity index (χ2n) is 4.83. The summed E-state index contributed by atoms with van der Waals surface area (Å²) in [5.41, 5.74) is 1.18. The Balaban J connectivity index is 2.23. The standard InChI is InChI=1S/C14H20Cl2N2/c1-3-10-9-18(11(4-2)8-17-10)12-5-6-13(15)14(16)7-12/h5-7,10-11,17H,3-4,8-9H2,1-2H3. The lowest BCUT2D eigenvalue weighted by atomic mass is 10.0. The third-order valence-corrected chi connectivity index (χ3v) is 4.44. The smallest absolute Gasteiger partial charge is 0.0612 e. The zero-order chi connectivity index (χ0) is 13.1. The fraction of sp³-hybridized carbons (Fsp3) is 0.571. The summed E-state index contributed by atoms with van der Waals surface area (Å²) in [6.45, 7) is 6.52. The first-order valence-corrected chi connectivity index (χ1v) is 7.36. The van der Waals surface area contributed by atoms with Crippen molar-refractivity contribution in [3.05, 3.63) is 28.2 Å². The minimum Gasteiger partial charge on any atom is -0.366 e. The van der Waals surface area contributed by atoms with Gasteiger partial charge in [-0.05, 0) is 31.0 Å². The Bertz CT molecular complexity index is 409. The average molecular weight is 287 g/mol. The van der Waals surface area contributed by atoms with E-state index in [9.17, 15) is 0 Å². The maximum Gasteiger partial charge on any atom is 0.0612 e. The zero-order valence-electron chi connectivity index (χ0n) is 10.9. The Morgan fingerprint density at radius 1 is 1.22 bits per heavy atom. The van der Waals surface area contributed by atoms with Crippen molar-refractivity contribution in [2.24, 2.45) is 0 Å². The van der Waals surface area contributed by atoms with E-state index in [4.69, 9.17) is 23.2 Å². The molecule has 4 heteroatoms. The van der Waals surface area contributed by atoms with Crippen molar-refractivity contribution < 1.29 is 0 Å². The van der Waals surface area contributed by atoms with E-state index >= 15 is 0 Å². The normalized spacial score (nSPS) is 24.3. The van der Waals surface area contributed by atoms with Crippen LogP contribution in [0.1, 0.15) is 26.7 Å². The van der Waals surface area contributed by atoms with E-state index in [1.807, 2.05) is 12.1 Å². The van der Waals surface area contributed by atoms with Crippen LogP contribution in [0.15, 0.2) is 18.2 Å². The lowest BCUT2D eigenvalue weighted by molar-refractivity contribution is 0.379. The fourth-order valence-electron chi connectivity index (χ4n) is 2.48. The number of hydrogen-bond acceptors (Lipinski definition) is 2. The van der Waals surface area contributed by atoms with Gasteiger partial charge in [-0.15, -0.1) is 0 Å². The van der Waals surface area contributed by atoms with Gasteiger partial charge >= 0.3 is 0 Å². The first-order chi connectivity index (χ1) is 8.65. The summed E-state index contributed by atoms with van der Waals surface area (Å²) >= 11 is 12.1. The van der Waals surface area contributed by atoms with Gasteiger partial charge in [0.2, 0.25) is 0 Å². The molecule has 2 atom stereocenters. The molecule has 0 spiro atoms. The second-order valence-corrected chi connectivity index (χ2v) is 5.64. The van der Waals surface area contributed by atoms with Crippen molar-refractivity contribution >= 4 is 28.9 Å². The Morgan fingerprint density at radius 2 is 2.00 bits per heavy atom. The van der Waals surface area contributed by atoms with Crippen LogP contribution in [0.2, 0.25) is 10.0 Å². The van der Waals surface area contributed by atoms with E-state index in [-0.39, 0.29) is 0 Å². The molecule has 1 saturated heterocycles. The quantitative estimate of drug-likeness (QED) is 0.905. The van der Waals surface area contributed by atoms with E-state index in [0.29, 0.717) is 22.1 Å². The highest BCUT2D eigenvalue weighted by molar-refractivity contribution is 6.42. The van der Waals surface area contributed by atoms with Crippen LogP contribution in [-0.4, -0.2) is 25.2 Å². The Hall–Kier alpha value is -0.440. The minimum absolute atomic E-state index is 0.532. The van der Waals surface area contributed by atoms with Crippen molar-refractivity contribution in [2.75, 3.05) is 18.0 Å². The molecule has 1 heterocycles. The Labute approximate surface area is 119 Å². The van der Waals surface area contributed by atoms with Gasteiger partial charge in [0.15, 0.2) is 0 Å². The summed E-state index contributed by atoms with van der Waals surface area (Å²) in [6, 6.07) is 7.02. The van der Waals surface area contributed by atoms with Gasteiger partial charge in [0.25, 0.3) is 0 Å². The van der Waals surface area contributed by atoms with Gasteiger partial charge in [-0.25, -0.2) is 0 Å². The predicted octanol–water partition coefficient (Wildman–Crippen LogP) is 3.96. The van der Waals surface area contributed by atoms with Crippen LogP contribution in [0.25, 0.3) is 0 Å². The van der Waals surface area contributed by atoms with Gasteiger partial charge in [0.05, 0.1) is 10.0 Å². The third-order valence-electron chi connectivity index (χ3n) is 3.70. The molecule has 2 nitrogen and oxygen atoms in total. The van der Waals surface area contributed by atoms with E-state index in [1.165, 1.54) is 5.69 Å². The molecule has 0 bridgehead atoms. The number of benzene rings is 1. The monoisotopic (exact) mass is 286 g/mol. The highest BCUT2D eigenvalue weighted by Crippen LogP contribution is 2.29. The summed E-state index contributed by atoms with van der Waals surface area (Å²) in [5.74, 6) is 0. The van der Waals surface area contributed by atoms with Crippen molar-refractivity contribution in [1.29, 1.82) is 0 Å². The first kappa shape index (κ1) is 14.0. The van der Waals surface area contributed by atoms with Crippen molar-refractivity contribution in [3.8, 4) is 0 Å². The average Bonchev–Trinajstić information content (AvgIpc) is 2.41. The van der Waals surface area contributed by atoms with Gasteiger partial charge in [-0.1, -0.05) is 37.0 Å². The highest BCUT2D eigenvalue weighted by Gasteiger charge is 2.26. The molecule has 0 radical (unpaired) electrons. The lowest BCUT2D eigenvalue weighted by Gasteiger charge is -2.41. The molecule has 1 aliphatic rings. The molecule has 0 aliphatic carbocycles. The van der Waals surface area contributed by atoms with Crippen LogP contribution in [0.4, 0.5) is 5.69 Å². The SMILES string of the molecule is CCC1CN(c2ccc(Cl)c(Cl)c2)C(CC)CN1. The molecule has 2 rings (SSSR count). The molecule has 0 amide bonds. The molecule has 2 unspecified atom stereocenters. The lowest BCUT2D eigenvalue weighted by Crippen LogP contribution is -2.56. The second kappa shape index (κ2) is 6.14. The highest BCUT2D eigenvalue weighted by atomic mass is 35.5. The maximum absolute atomic E-state index is 6.12. The number of hydrogen-bond donors (Lipinski definition) is 1. The molecule has 1 fully saturated rings. The Kier molecular flexibility index (Phi) is 4.77. The molecule has 100 valence electrons. The molecular formula is C14H20Cl2N2. The number of piperazine rings is 1. The summed E-state index contributed by atoms with van der Waals surface area (Å²) in [5, 5.41) is 4.85. The molecule has 1 aromatic rings. The van der Waals surface area contributed by atoms with Crippen molar-refractivity contribution in [1.82, 2.24) is 5.32 Å². The maximum atomic E-state index is 6.12. The van der Waals surface area contributed by atoms with Gasteiger partial charge in [0.1, 0.15) is 0 Å². The number of rotatable bonds is 3. The van der Waals surface area contributed by atoms with Crippen LogP contribution in [0.3, 0.4) is 0 Å². The van der Waals surface area contributed by atoms with Crippen LogP contribution in [0, 0.1) is 0 Å². The summed E-state index contributed by atoms with van der Waals surface area (Å²) < 4.78 is 0. The largest absolute Gasteiger partial charge is 0.366 e. The number of nitrogens with one attached hydrogen (secondary N) is 1. The molecular weight excluding hydrogens is 267 g/mol. The predicted molar refractivity (Wildman–Crippen MR) is 80.0 cm³/mol. The van der Waals surface area contributed by atoms with Gasteiger partial charge in [-0.3, -0.25) is 0 Å². The van der Waals surface area contributed by atoms with E-state index in [0.717, 1.165) is 25.9 Å². The molecule has 1 N–H and O–H groups in total. The first-order valence-electron chi connectivity index (χ1n) is 6.60. The summed E-state index contributed by atoms with van der Waals surface area (Å²) in [6.07, 6.45) is 2.28. The third kappa shape index (κ3) is 2.93. The van der Waals surface area contributed by atoms with Crippen LogP contribution < -0.4 is 10.2 Å². The van der Waals surface area contributed by atoms with E-state index in [2.05, 4.69) is 30.1 Å². The van der Waals surface area contributed by atoms with E-state index < -0.39 is 0 Å².